The maximum Gasteiger partial charge on any atom is 0.254 e. The Morgan fingerprint density at radius 2 is 2.10 bits per heavy atom. The van der Waals surface area contributed by atoms with Crippen LogP contribution in [0.4, 0.5) is 0 Å². The standard InChI is InChI=1S/C14H21N3O3S/c1-11-10-15-7-8-17(11)14(18)12-5-4-6-13(9-12)21(19,20)16(2)3/h4-6,9,11,15H,7-8,10H2,1-3H3/t11-/m0/s1. The zero-order valence-electron chi connectivity index (χ0n) is 12.5. The molecule has 21 heavy (non-hydrogen) atoms. The third kappa shape index (κ3) is 3.25. The van der Waals surface area contributed by atoms with Crippen molar-refractivity contribution in [2.24, 2.45) is 0 Å². The molecule has 6 nitrogen and oxygen atoms in total. The average Bonchev–Trinajstić information content (AvgIpc) is 2.47. The number of amides is 1. The third-order valence-corrected chi connectivity index (χ3v) is 5.43. The van der Waals surface area contributed by atoms with Gasteiger partial charge in [0.05, 0.1) is 4.90 Å². The molecule has 1 saturated heterocycles. The Balaban J connectivity index is 2.31. The fraction of sp³-hybridized carbons (Fsp3) is 0.500. The SMILES string of the molecule is C[C@H]1CNCCN1C(=O)c1cccc(S(=O)(=O)N(C)C)c1. The van der Waals surface area contributed by atoms with Gasteiger partial charge in [-0.1, -0.05) is 6.07 Å². The van der Waals surface area contributed by atoms with Gasteiger partial charge in [-0.2, -0.15) is 0 Å². The molecule has 0 unspecified atom stereocenters. The molecule has 1 atom stereocenters. The first-order chi connectivity index (χ1) is 9.84. The van der Waals surface area contributed by atoms with Crippen LogP contribution in [0.1, 0.15) is 17.3 Å². The van der Waals surface area contributed by atoms with E-state index in [1.54, 1.807) is 17.0 Å². The number of carbonyl (C=O) groups is 1. The van der Waals surface area contributed by atoms with Crippen molar-refractivity contribution in [2.75, 3.05) is 33.7 Å². The Kier molecular flexibility index (Phi) is 4.65. The molecule has 0 aromatic heterocycles. The Labute approximate surface area is 125 Å². The summed E-state index contributed by atoms with van der Waals surface area (Å²) in [6.07, 6.45) is 0. The van der Waals surface area contributed by atoms with E-state index in [1.165, 1.54) is 26.2 Å². The second-order valence-electron chi connectivity index (χ2n) is 5.37. The van der Waals surface area contributed by atoms with Crippen molar-refractivity contribution in [3.8, 4) is 0 Å². The number of nitrogens with one attached hydrogen (secondary N) is 1. The molecule has 1 aromatic rings. The van der Waals surface area contributed by atoms with E-state index in [4.69, 9.17) is 0 Å². The number of hydrogen-bond donors (Lipinski definition) is 1. The fourth-order valence-corrected chi connectivity index (χ4v) is 3.26. The minimum Gasteiger partial charge on any atom is -0.333 e. The molecule has 1 aliphatic rings. The van der Waals surface area contributed by atoms with Gasteiger partial charge in [0.2, 0.25) is 10.0 Å². The lowest BCUT2D eigenvalue weighted by atomic mass is 10.1. The number of piperazine rings is 1. The molecule has 0 radical (unpaired) electrons. The molecule has 1 aromatic carbocycles. The molecule has 1 heterocycles. The van der Waals surface area contributed by atoms with Gasteiger partial charge in [-0.25, -0.2) is 12.7 Å². The molecule has 0 spiro atoms. The molecule has 1 N–H and O–H groups in total. The zero-order valence-corrected chi connectivity index (χ0v) is 13.4. The summed E-state index contributed by atoms with van der Waals surface area (Å²) in [5.74, 6) is -0.125. The summed E-state index contributed by atoms with van der Waals surface area (Å²) in [5.41, 5.74) is 0.409. The van der Waals surface area contributed by atoms with Crippen LogP contribution < -0.4 is 5.32 Å². The largest absolute Gasteiger partial charge is 0.333 e. The number of rotatable bonds is 3. The molecule has 1 aliphatic heterocycles. The number of carbonyl (C=O) groups excluding carboxylic acids is 1. The summed E-state index contributed by atoms with van der Waals surface area (Å²) in [6.45, 7) is 4.11. The predicted molar refractivity (Wildman–Crippen MR) is 80.7 cm³/mol. The lowest BCUT2D eigenvalue weighted by molar-refractivity contribution is 0.0655. The van der Waals surface area contributed by atoms with Crippen molar-refractivity contribution in [1.29, 1.82) is 0 Å². The normalized spacial score (nSPS) is 19.8. The van der Waals surface area contributed by atoms with Crippen molar-refractivity contribution < 1.29 is 13.2 Å². The maximum atomic E-state index is 12.5. The zero-order chi connectivity index (χ0) is 15.6. The maximum absolute atomic E-state index is 12.5. The molecule has 0 saturated carbocycles. The predicted octanol–water partition coefficient (Wildman–Crippen LogP) is 0.371. The first kappa shape index (κ1) is 15.9. The highest BCUT2D eigenvalue weighted by Gasteiger charge is 2.25. The van der Waals surface area contributed by atoms with E-state index in [0.717, 1.165) is 17.4 Å². The van der Waals surface area contributed by atoms with Crippen LogP contribution in [-0.2, 0) is 10.0 Å². The van der Waals surface area contributed by atoms with Gasteiger partial charge < -0.3 is 10.2 Å². The van der Waals surface area contributed by atoms with Crippen molar-refractivity contribution in [3.05, 3.63) is 29.8 Å². The Hall–Kier alpha value is -1.44. The van der Waals surface area contributed by atoms with Crippen molar-refractivity contribution in [1.82, 2.24) is 14.5 Å². The summed E-state index contributed by atoms with van der Waals surface area (Å²) in [7, 11) is -0.578. The summed E-state index contributed by atoms with van der Waals surface area (Å²) in [4.78, 5) is 14.5. The van der Waals surface area contributed by atoms with Crippen LogP contribution in [0.3, 0.4) is 0 Å². The lowest BCUT2D eigenvalue weighted by Crippen LogP contribution is -2.52. The van der Waals surface area contributed by atoms with Crippen LogP contribution in [0.25, 0.3) is 0 Å². The molecule has 7 heteroatoms. The smallest absolute Gasteiger partial charge is 0.254 e. The number of sulfonamides is 1. The summed E-state index contributed by atoms with van der Waals surface area (Å²) < 4.78 is 25.4. The van der Waals surface area contributed by atoms with Crippen LogP contribution in [-0.4, -0.2) is 63.3 Å². The number of hydrogen-bond acceptors (Lipinski definition) is 4. The number of benzene rings is 1. The van der Waals surface area contributed by atoms with E-state index in [2.05, 4.69) is 5.32 Å². The molecule has 0 bridgehead atoms. The molecular weight excluding hydrogens is 290 g/mol. The Bertz CT molecular complexity index is 628. The highest BCUT2D eigenvalue weighted by molar-refractivity contribution is 7.89. The van der Waals surface area contributed by atoms with Crippen LogP contribution in [0.2, 0.25) is 0 Å². The second kappa shape index (κ2) is 6.13. The third-order valence-electron chi connectivity index (χ3n) is 3.62. The molecule has 1 amide bonds. The van der Waals surface area contributed by atoms with E-state index >= 15 is 0 Å². The minimum atomic E-state index is -3.53. The van der Waals surface area contributed by atoms with Crippen molar-refractivity contribution >= 4 is 15.9 Å². The number of nitrogens with zero attached hydrogens (tertiary/aromatic N) is 2. The van der Waals surface area contributed by atoms with E-state index in [-0.39, 0.29) is 16.8 Å². The minimum absolute atomic E-state index is 0.0976. The van der Waals surface area contributed by atoms with Crippen molar-refractivity contribution in [3.63, 3.8) is 0 Å². The van der Waals surface area contributed by atoms with Crippen LogP contribution in [0.5, 0.6) is 0 Å². The van der Waals surface area contributed by atoms with Gasteiger partial charge >= 0.3 is 0 Å². The molecular formula is C14H21N3O3S. The lowest BCUT2D eigenvalue weighted by Gasteiger charge is -2.34. The molecule has 2 rings (SSSR count). The topological polar surface area (TPSA) is 69.7 Å². The first-order valence-electron chi connectivity index (χ1n) is 6.88. The van der Waals surface area contributed by atoms with E-state index in [0.29, 0.717) is 12.1 Å². The first-order valence-corrected chi connectivity index (χ1v) is 8.32. The fourth-order valence-electron chi connectivity index (χ4n) is 2.31. The van der Waals surface area contributed by atoms with E-state index in [1.807, 2.05) is 6.92 Å². The highest BCUT2D eigenvalue weighted by Crippen LogP contribution is 2.17. The molecule has 116 valence electrons. The summed E-state index contributed by atoms with van der Waals surface area (Å²) in [6, 6.07) is 6.32. The van der Waals surface area contributed by atoms with Gasteiger partial charge in [-0.3, -0.25) is 4.79 Å². The monoisotopic (exact) mass is 311 g/mol. The highest BCUT2D eigenvalue weighted by atomic mass is 32.2. The Morgan fingerprint density at radius 3 is 2.71 bits per heavy atom. The summed E-state index contributed by atoms with van der Waals surface area (Å²) in [5, 5.41) is 3.22. The van der Waals surface area contributed by atoms with Gasteiger partial charge in [0.25, 0.3) is 5.91 Å². The Morgan fingerprint density at radius 1 is 1.38 bits per heavy atom. The van der Waals surface area contributed by atoms with Gasteiger partial charge in [-0.15, -0.1) is 0 Å². The van der Waals surface area contributed by atoms with Crippen LogP contribution in [0, 0.1) is 0 Å². The van der Waals surface area contributed by atoms with Crippen LogP contribution in [0.15, 0.2) is 29.2 Å². The quantitative estimate of drug-likeness (QED) is 0.876. The van der Waals surface area contributed by atoms with Crippen molar-refractivity contribution in [2.45, 2.75) is 17.9 Å². The second-order valence-corrected chi connectivity index (χ2v) is 7.52. The molecule has 0 aliphatic carbocycles. The van der Waals surface area contributed by atoms with E-state index in [9.17, 15) is 13.2 Å². The molecule has 1 fully saturated rings. The summed E-state index contributed by atoms with van der Waals surface area (Å²) >= 11 is 0. The van der Waals surface area contributed by atoms with Crippen LogP contribution >= 0.6 is 0 Å². The van der Waals surface area contributed by atoms with Gasteiger partial charge in [0.1, 0.15) is 0 Å². The van der Waals surface area contributed by atoms with Gasteiger partial charge in [-0.05, 0) is 25.1 Å². The van der Waals surface area contributed by atoms with Gasteiger partial charge in [0.15, 0.2) is 0 Å². The van der Waals surface area contributed by atoms with Gasteiger partial charge in [0, 0.05) is 45.3 Å². The van der Waals surface area contributed by atoms with E-state index < -0.39 is 10.0 Å². The average molecular weight is 311 g/mol.